The van der Waals surface area contributed by atoms with Gasteiger partial charge in [0.05, 0.1) is 18.8 Å². The van der Waals surface area contributed by atoms with Gasteiger partial charge in [-0.2, -0.15) is 0 Å². The van der Waals surface area contributed by atoms with Gasteiger partial charge in [0.15, 0.2) is 6.73 Å². The highest BCUT2D eigenvalue weighted by molar-refractivity contribution is 7.57. The number of hydrogen-bond acceptors (Lipinski definition) is 12. The van der Waals surface area contributed by atoms with Gasteiger partial charge in [-0.3, -0.25) is 28.3 Å². The average Bonchev–Trinajstić information content (AvgIpc) is 3.24. The molecule has 0 radical (unpaired) electrons. The number of aliphatic hydroxyl groups excluding tert-OH is 1. The van der Waals surface area contributed by atoms with E-state index in [0.29, 0.717) is 4.57 Å². The smallest absolute Gasteiger partial charge is 0.342 e. The van der Waals surface area contributed by atoms with Crippen molar-refractivity contribution in [2.45, 2.75) is 71.9 Å². The number of para-hydroxylation sites is 1. The number of benzene rings is 1. The second kappa shape index (κ2) is 16.0. The molecule has 1 aromatic carbocycles. The van der Waals surface area contributed by atoms with E-state index >= 15 is 0 Å². The first-order valence-electron chi connectivity index (χ1n) is 14.2. The van der Waals surface area contributed by atoms with Crippen LogP contribution in [0.2, 0.25) is 0 Å². The number of carbonyl (C=O) groups is 3. The zero-order chi connectivity index (χ0) is 33.3. The fourth-order valence-electron chi connectivity index (χ4n) is 4.29. The van der Waals surface area contributed by atoms with E-state index in [0.717, 1.165) is 10.6 Å². The van der Waals surface area contributed by atoms with Crippen LogP contribution in [0.5, 0.6) is 5.75 Å². The molecular weight excluding hydrogens is 615 g/mol. The minimum absolute atomic E-state index is 0.266. The van der Waals surface area contributed by atoms with Crippen molar-refractivity contribution < 1.29 is 47.5 Å². The van der Waals surface area contributed by atoms with Gasteiger partial charge in [-0.1, -0.05) is 25.1 Å². The molecule has 45 heavy (non-hydrogen) atoms. The van der Waals surface area contributed by atoms with Gasteiger partial charge in [0.2, 0.25) is 5.91 Å². The number of hydrogen-bond donors (Lipinski definition) is 3. The predicted octanol–water partition coefficient (Wildman–Crippen LogP) is 0.717. The van der Waals surface area contributed by atoms with E-state index in [1.165, 1.54) is 20.0 Å². The molecule has 0 spiro atoms. The second-order valence-corrected chi connectivity index (χ2v) is 12.7. The van der Waals surface area contributed by atoms with Gasteiger partial charge < -0.3 is 33.9 Å². The summed E-state index contributed by atoms with van der Waals surface area (Å²) in [5.41, 5.74) is -1.62. The molecule has 0 aliphatic carbocycles. The number of nitrogens with zero attached hydrogens (tertiary/aromatic N) is 2. The standard InChI is InChI=1S/C28H39N4O12P/c1-17(2)42-27(37)19(4)30-45(39,44-21-9-7-6-8-10-21)16-40-14-22-25(36)18(3)26(43-22)31-12-11-23(34)32(28(31)38)15-41-24(35)13-29-20(5)33/h6-12,17-19,22,25-26,36H,13-16H2,1-5H3,(H,29,33)(H,30,39)/t18-,19-,22+,25-,26+,45?/m0/s1. The number of ether oxygens (including phenoxy) is 4. The molecule has 2 aromatic rings. The van der Waals surface area contributed by atoms with Crippen LogP contribution in [0.4, 0.5) is 0 Å². The van der Waals surface area contributed by atoms with Crippen molar-refractivity contribution in [3.05, 3.63) is 63.4 Å². The molecule has 1 aromatic heterocycles. The number of nitrogens with one attached hydrogen (secondary N) is 2. The number of aliphatic hydroxyl groups is 1. The number of carbonyl (C=O) groups excluding carboxylic acids is 3. The summed E-state index contributed by atoms with van der Waals surface area (Å²) in [4.78, 5) is 60.7. The van der Waals surface area contributed by atoms with Crippen LogP contribution in [0.15, 0.2) is 52.2 Å². The molecule has 0 saturated carbocycles. The first-order valence-corrected chi connectivity index (χ1v) is 16.0. The quantitative estimate of drug-likeness (QED) is 0.179. The SMILES string of the molecule is CC(=O)NCC(=O)OCn1c(=O)ccn([C@@H]2O[C@H](COCP(=O)(N[C@@H](C)C(=O)OC(C)C)Oc3ccccc3)[C@@H](O)[C@@H]2C)c1=O. The van der Waals surface area contributed by atoms with Crippen LogP contribution < -0.4 is 26.2 Å². The molecule has 1 saturated heterocycles. The average molecular weight is 655 g/mol. The summed E-state index contributed by atoms with van der Waals surface area (Å²) >= 11 is 0. The maximum atomic E-state index is 13.8. The maximum absolute atomic E-state index is 13.8. The third kappa shape index (κ3) is 10.1. The van der Waals surface area contributed by atoms with Crippen LogP contribution in [0, 0.1) is 5.92 Å². The van der Waals surface area contributed by atoms with Crippen LogP contribution in [-0.2, 0) is 44.6 Å². The number of esters is 2. The summed E-state index contributed by atoms with van der Waals surface area (Å²) in [5, 5.41) is 15.8. The number of aromatic nitrogens is 2. The van der Waals surface area contributed by atoms with Crippen LogP contribution >= 0.6 is 7.52 Å². The normalized spacial score (nSPS) is 21.5. The number of rotatable bonds is 15. The van der Waals surface area contributed by atoms with Crippen molar-refractivity contribution >= 4 is 25.4 Å². The fourth-order valence-corrected chi connectivity index (χ4v) is 5.97. The highest BCUT2D eigenvalue weighted by Crippen LogP contribution is 2.44. The zero-order valence-electron chi connectivity index (χ0n) is 25.6. The Morgan fingerprint density at radius 2 is 1.80 bits per heavy atom. The van der Waals surface area contributed by atoms with Gasteiger partial charge in [-0.05, 0) is 32.9 Å². The highest BCUT2D eigenvalue weighted by Gasteiger charge is 2.43. The van der Waals surface area contributed by atoms with Gasteiger partial charge in [0.1, 0.15) is 37.0 Å². The monoisotopic (exact) mass is 654 g/mol. The zero-order valence-corrected chi connectivity index (χ0v) is 26.5. The van der Waals surface area contributed by atoms with Gasteiger partial charge in [-0.25, -0.2) is 14.4 Å². The topological polar surface area (TPSA) is 203 Å². The van der Waals surface area contributed by atoms with E-state index in [4.69, 9.17) is 23.5 Å². The molecule has 248 valence electrons. The lowest BCUT2D eigenvalue weighted by Crippen LogP contribution is -2.42. The summed E-state index contributed by atoms with van der Waals surface area (Å²) in [6, 6.07) is 8.36. The van der Waals surface area contributed by atoms with E-state index in [9.17, 15) is 33.6 Å². The summed E-state index contributed by atoms with van der Waals surface area (Å²) in [7, 11) is -3.87. The van der Waals surface area contributed by atoms with Crippen LogP contribution in [-0.4, -0.2) is 75.9 Å². The molecular formula is C28H39N4O12P. The number of amides is 1. The fraction of sp³-hybridized carbons (Fsp3) is 0.536. The lowest BCUT2D eigenvalue weighted by molar-refractivity contribution is -0.149. The first kappa shape index (κ1) is 35.7. The molecule has 3 rings (SSSR count). The Labute approximate surface area is 259 Å². The largest absolute Gasteiger partial charge is 0.462 e. The first-order chi connectivity index (χ1) is 21.2. The Hall–Kier alpha value is -3.82. The van der Waals surface area contributed by atoms with E-state index in [1.54, 1.807) is 51.1 Å². The van der Waals surface area contributed by atoms with Gasteiger partial charge >= 0.3 is 25.1 Å². The Balaban J connectivity index is 1.69. The lowest BCUT2D eigenvalue weighted by atomic mass is 10.0. The van der Waals surface area contributed by atoms with Gasteiger partial charge in [0.25, 0.3) is 5.56 Å². The summed E-state index contributed by atoms with van der Waals surface area (Å²) in [5.74, 6) is -2.36. The molecule has 17 heteroatoms. The third-order valence-electron chi connectivity index (χ3n) is 6.52. The van der Waals surface area contributed by atoms with Crippen LogP contribution in [0.25, 0.3) is 0 Å². The van der Waals surface area contributed by atoms with Crippen molar-refractivity contribution in [3.8, 4) is 5.75 Å². The van der Waals surface area contributed by atoms with E-state index in [1.807, 2.05) is 0 Å². The lowest BCUT2D eigenvalue weighted by Gasteiger charge is -2.25. The van der Waals surface area contributed by atoms with Crippen molar-refractivity contribution in [2.75, 3.05) is 19.5 Å². The Kier molecular flexibility index (Phi) is 12.6. The van der Waals surface area contributed by atoms with Crippen LogP contribution in [0.1, 0.15) is 40.8 Å². The van der Waals surface area contributed by atoms with Gasteiger partial charge in [-0.15, -0.1) is 0 Å². The molecule has 1 fully saturated rings. The highest BCUT2D eigenvalue weighted by atomic mass is 31.2. The van der Waals surface area contributed by atoms with Crippen molar-refractivity contribution in [3.63, 3.8) is 0 Å². The van der Waals surface area contributed by atoms with Gasteiger partial charge in [0, 0.05) is 25.1 Å². The summed E-state index contributed by atoms with van der Waals surface area (Å²) in [6.45, 7) is 6.25. The molecule has 1 unspecified atom stereocenters. The van der Waals surface area contributed by atoms with E-state index < -0.39 is 86.6 Å². The third-order valence-corrected chi connectivity index (χ3v) is 8.33. The molecule has 0 bridgehead atoms. The minimum Gasteiger partial charge on any atom is -0.462 e. The maximum Gasteiger partial charge on any atom is 0.342 e. The van der Waals surface area contributed by atoms with Crippen molar-refractivity contribution in [2.24, 2.45) is 5.92 Å². The predicted molar refractivity (Wildman–Crippen MR) is 158 cm³/mol. The van der Waals surface area contributed by atoms with Crippen LogP contribution in [0.3, 0.4) is 0 Å². The molecule has 3 N–H and O–H groups in total. The van der Waals surface area contributed by atoms with E-state index in [-0.39, 0.29) is 18.5 Å². The molecule has 2 heterocycles. The molecule has 1 amide bonds. The second-order valence-electron chi connectivity index (χ2n) is 10.7. The summed E-state index contributed by atoms with van der Waals surface area (Å²) in [6.07, 6.45) is -2.87. The van der Waals surface area contributed by atoms with E-state index in [2.05, 4.69) is 10.4 Å². The molecule has 6 atom stereocenters. The molecule has 1 aliphatic heterocycles. The Morgan fingerprint density at radius 3 is 2.44 bits per heavy atom. The molecule has 1 aliphatic rings. The van der Waals surface area contributed by atoms with Crippen molar-refractivity contribution in [1.29, 1.82) is 0 Å². The summed E-state index contributed by atoms with van der Waals surface area (Å²) < 4.78 is 42.9. The van der Waals surface area contributed by atoms with Crippen molar-refractivity contribution in [1.82, 2.24) is 19.5 Å². The Morgan fingerprint density at radius 1 is 1.11 bits per heavy atom. The Bertz CT molecular complexity index is 1490. The minimum atomic E-state index is -3.87. The molecule has 16 nitrogen and oxygen atoms in total.